The smallest absolute Gasteiger partial charge is 0.408 e. The molecule has 12 nitrogen and oxygen atoms in total. The van der Waals surface area contributed by atoms with Gasteiger partial charge in [0.05, 0.1) is 6.04 Å². The number of nitrogens with one attached hydrogen (secondary N) is 2. The molecule has 0 bridgehead atoms. The Morgan fingerprint density at radius 3 is 2.41 bits per heavy atom. The molecule has 0 saturated carbocycles. The number of alkyl carbamates (subject to hydrolysis) is 1. The Morgan fingerprint density at radius 1 is 1.00 bits per heavy atom. The second-order valence-electron chi connectivity index (χ2n) is 10.00. The number of benzene rings is 2. The van der Waals surface area contributed by atoms with Crippen LogP contribution in [0.2, 0.25) is 0 Å². The number of nitrogens with two attached hydrogens (primary N) is 3. The van der Waals surface area contributed by atoms with E-state index in [2.05, 4.69) is 15.6 Å². The molecular weight excluding hydrogens is 528 g/mol. The molecule has 1 heterocycles. The zero-order valence-corrected chi connectivity index (χ0v) is 23.1. The third kappa shape index (κ3) is 9.38. The average Bonchev–Trinajstić information content (AvgIpc) is 2.92. The summed E-state index contributed by atoms with van der Waals surface area (Å²) in [5, 5.41) is 5.74. The Balaban J connectivity index is 1.82. The maximum atomic E-state index is 13.8. The molecule has 2 aromatic carbocycles. The summed E-state index contributed by atoms with van der Waals surface area (Å²) < 4.78 is 10.5. The monoisotopic (exact) mass is 564 g/mol. The number of ketones is 1. The molecule has 2 amide bonds. The molecular formula is C29H36N6O6. The Labute approximate surface area is 237 Å². The first kappa shape index (κ1) is 30.7. The van der Waals surface area contributed by atoms with Crippen molar-refractivity contribution >= 4 is 40.4 Å². The van der Waals surface area contributed by atoms with Gasteiger partial charge in [0.25, 0.3) is 0 Å². The van der Waals surface area contributed by atoms with Crippen LogP contribution >= 0.6 is 0 Å². The molecule has 12 heteroatoms. The van der Waals surface area contributed by atoms with E-state index in [0.717, 1.165) is 11.6 Å². The van der Waals surface area contributed by atoms with Crippen LogP contribution in [0.15, 0.2) is 68.8 Å². The van der Waals surface area contributed by atoms with E-state index < -0.39 is 35.5 Å². The highest BCUT2D eigenvalue weighted by Gasteiger charge is 2.29. The van der Waals surface area contributed by atoms with Gasteiger partial charge < -0.3 is 37.0 Å². The minimum Gasteiger partial charge on any atom is -0.445 e. The van der Waals surface area contributed by atoms with Crippen molar-refractivity contribution in [3.63, 3.8) is 0 Å². The number of aliphatic imine (C=N–C) groups is 1. The highest BCUT2D eigenvalue weighted by atomic mass is 16.5. The summed E-state index contributed by atoms with van der Waals surface area (Å²) in [6.07, 6.45) is 0.0282. The van der Waals surface area contributed by atoms with Crippen LogP contribution < -0.4 is 33.5 Å². The van der Waals surface area contributed by atoms with Gasteiger partial charge in [-0.2, -0.15) is 0 Å². The van der Waals surface area contributed by atoms with Gasteiger partial charge in [-0.1, -0.05) is 44.2 Å². The van der Waals surface area contributed by atoms with Crippen molar-refractivity contribution in [3.8, 4) is 0 Å². The molecule has 3 rings (SSSR count). The van der Waals surface area contributed by atoms with Crippen LogP contribution in [-0.4, -0.2) is 42.4 Å². The van der Waals surface area contributed by atoms with Gasteiger partial charge in [-0.05, 0) is 42.9 Å². The van der Waals surface area contributed by atoms with Crippen LogP contribution in [0, 0.1) is 5.92 Å². The molecule has 0 aliphatic heterocycles. The van der Waals surface area contributed by atoms with Crippen molar-refractivity contribution in [1.29, 1.82) is 0 Å². The second-order valence-corrected chi connectivity index (χ2v) is 10.00. The summed E-state index contributed by atoms with van der Waals surface area (Å²) in [5.74, 6) is -1.16. The highest BCUT2D eigenvalue weighted by Crippen LogP contribution is 2.22. The molecule has 2 atom stereocenters. The first-order valence-electron chi connectivity index (χ1n) is 13.2. The van der Waals surface area contributed by atoms with Gasteiger partial charge in [0.15, 0.2) is 11.7 Å². The summed E-state index contributed by atoms with van der Waals surface area (Å²) >= 11 is 0. The number of hydrogen-bond acceptors (Lipinski definition) is 8. The Bertz CT molecular complexity index is 1450. The van der Waals surface area contributed by atoms with Crippen LogP contribution in [0.25, 0.3) is 11.0 Å². The average molecular weight is 565 g/mol. The van der Waals surface area contributed by atoms with Crippen LogP contribution in [0.5, 0.6) is 0 Å². The number of amides is 2. The van der Waals surface area contributed by atoms with E-state index in [1.807, 2.05) is 44.2 Å². The molecule has 0 spiro atoms. The van der Waals surface area contributed by atoms with E-state index in [1.165, 1.54) is 6.07 Å². The number of fused-ring (bicyclic) bond motifs is 1. The summed E-state index contributed by atoms with van der Waals surface area (Å²) in [6.45, 7) is 4.05. The largest absolute Gasteiger partial charge is 0.445 e. The maximum Gasteiger partial charge on any atom is 0.408 e. The van der Waals surface area contributed by atoms with Crippen LogP contribution in [0.3, 0.4) is 0 Å². The van der Waals surface area contributed by atoms with Gasteiger partial charge in [-0.3, -0.25) is 14.6 Å². The molecule has 218 valence electrons. The SMILES string of the molecule is CC(C)C[C@H](NC(=O)OCc1ccccc1)C(=O)N[C@@H](CCCN=C(N)N)C(=O)c1cc(=O)oc2cc(N)ccc12. The van der Waals surface area contributed by atoms with E-state index in [-0.39, 0.29) is 49.0 Å². The van der Waals surface area contributed by atoms with Crippen molar-refractivity contribution in [2.24, 2.45) is 22.4 Å². The van der Waals surface area contributed by atoms with Crippen LogP contribution in [-0.2, 0) is 16.1 Å². The number of anilines is 1. The van der Waals surface area contributed by atoms with E-state index in [9.17, 15) is 19.2 Å². The van der Waals surface area contributed by atoms with Gasteiger partial charge >= 0.3 is 11.7 Å². The second kappa shape index (κ2) is 14.5. The highest BCUT2D eigenvalue weighted by molar-refractivity contribution is 6.10. The number of Topliss-reactive ketones (excluding diaryl/α,β-unsaturated/α-hetero) is 1. The number of nitrogens with zero attached hydrogens (tertiary/aromatic N) is 1. The number of guanidine groups is 1. The summed E-state index contributed by atoms with van der Waals surface area (Å²) in [7, 11) is 0. The van der Waals surface area contributed by atoms with Gasteiger partial charge in [0.2, 0.25) is 5.91 Å². The number of ether oxygens (including phenoxy) is 1. The van der Waals surface area contributed by atoms with E-state index in [4.69, 9.17) is 26.4 Å². The number of nitrogen functional groups attached to an aromatic ring is 1. The normalized spacial score (nSPS) is 12.4. The predicted molar refractivity (Wildman–Crippen MR) is 156 cm³/mol. The molecule has 0 unspecified atom stereocenters. The van der Waals surface area contributed by atoms with Crippen molar-refractivity contribution < 1.29 is 23.5 Å². The predicted octanol–water partition coefficient (Wildman–Crippen LogP) is 2.44. The summed E-state index contributed by atoms with van der Waals surface area (Å²) in [4.78, 5) is 56.0. The maximum absolute atomic E-state index is 13.8. The van der Waals surface area contributed by atoms with Crippen LogP contribution in [0.1, 0.15) is 49.0 Å². The zero-order chi connectivity index (χ0) is 29.9. The molecule has 1 aromatic heterocycles. The van der Waals surface area contributed by atoms with E-state index in [1.54, 1.807) is 12.1 Å². The lowest BCUT2D eigenvalue weighted by molar-refractivity contribution is -0.124. The number of rotatable bonds is 13. The van der Waals surface area contributed by atoms with Crippen molar-refractivity contribution in [1.82, 2.24) is 10.6 Å². The molecule has 0 aliphatic rings. The van der Waals surface area contributed by atoms with Gasteiger partial charge in [0.1, 0.15) is 18.2 Å². The first-order chi connectivity index (χ1) is 19.5. The lowest BCUT2D eigenvalue weighted by atomic mass is 9.96. The van der Waals surface area contributed by atoms with E-state index in [0.29, 0.717) is 17.5 Å². The molecule has 0 fully saturated rings. The molecule has 3 aromatic rings. The molecule has 0 saturated heterocycles. The fourth-order valence-corrected chi connectivity index (χ4v) is 4.23. The minimum atomic E-state index is -1.06. The Hall–Kier alpha value is -4.87. The molecule has 0 aliphatic carbocycles. The van der Waals surface area contributed by atoms with Crippen molar-refractivity contribution in [3.05, 3.63) is 76.1 Å². The van der Waals surface area contributed by atoms with Crippen molar-refractivity contribution in [2.75, 3.05) is 12.3 Å². The zero-order valence-electron chi connectivity index (χ0n) is 23.1. The molecule has 41 heavy (non-hydrogen) atoms. The van der Waals surface area contributed by atoms with Gasteiger partial charge in [-0.15, -0.1) is 0 Å². The summed E-state index contributed by atoms with van der Waals surface area (Å²) in [5.41, 5.74) is 17.3. The third-order valence-electron chi connectivity index (χ3n) is 6.14. The topological polar surface area (TPSA) is 205 Å². The van der Waals surface area contributed by atoms with Gasteiger partial charge in [0, 0.05) is 35.3 Å². The number of carbonyl (C=O) groups excluding carboxylic acids is 3. The van der Waals surface area contributed by atoms with Gasteiger partial charge in [-0.25, -0.2) is 9.59 Å². The Kier molecular flexibility index (Phi) is 10.8. The lowest BCUT2D eigenvalue weighted by Crippen LogP contribution is -2.52. The lowest BCUT2D eigenvalue weighted by Gasteiger charge is -2.24. The minimum absolute atomic E-state index is 0.0305. The van der Waals surface area contributed by atoms with Crippen LogP contribution in [0.4, 0.5) is 10.5 Å². The quantitative estimate of drug-likeness (QED) is 0.0515. The fourth-order valence-electron chi connectivity index (χ4n) is 4.23. The molecule has 0 radical (unpaired) electrons. The Morgan fingerprint density at radius 2 is 1.73 bits per heavy atom. The third-order valence-corrected chi connectivity index (χ3v) is 6.14. The summed E-state index contributed by atoms with van der Waals surface area (Å²) in [6, 6.07) is 12.8. The molecule has 8 N–H and O–H groups in total. The fraction of sp³-hybridized carbons (Fsp3) is 0.345. The number of carbonyl (C=O) groups is 3. The number of hydrogen-bond donors (Lipinski definition) is 5. The first-order valence-corrected chi connectivity index (χ1v) is 13.2. The van der Waals surface area contributed by atoms with E-state index >= 15 is 0 Å². The van der Waals surface area contributed by atoms with Crippen molar-refractivity contribution in [2.45, 2.75) is 51.8 Å². The standard InChI is InChI=1S/C29H36N6O6/c1-17(2)13-23(35-29(39)40-16-18-7-4-3-5-8-18)27(38)34-22(9-6-12-33-28(31)32)26(37)21-15-25(36)41-24-14-19(30)10-11-20(21)24/h3-5,7-8,10-11,14-15,17,22-23H,6,9,12-13,16,30H2,1-2H3,(H,34,38)(H,35,39)(H4,31,32,33)/t22-,23-/m0/s1.